The molecule has 1 rings (SSSR count). The zero-order valence-corrected chi connectivity index (χ0v) is 13.0. The van der Waals surface area contributed by atoms with Gasteiger partial charge in [-0.3, -0.25) is 0 Å². The average molecular weight is 287 g/mol. The molecule has 0 spiro atoms. The molecule has 1 aromatic carbocycles. The number of hydrogen-bond acceptors (Lipinski definition) is 2. The van der Waals surface area contributed by atoms with Crippen LogP contribution in [-0.4, -0.2) is 31.6 Å². The maximum absolute atomic E-state index is 13.3. The molecule has 1 unspecified atom stereocenters. The topological polar surface area (TPSA) is 15.3 Å². The van der Waals surface area contributed by atoms with Gasteiger partial charge in [-0.15, -0.1) is 0 Å². The second-order valence-corrected chi connectivity index (χ2v) is 6.03. The number of hydrogen-bond donors (Lipinski definition) is 1. The van der Waals surface area contributed by atoms with Gasteiger partial charge in [-0.1, -0.05) is 31.5 Å². The first-order chi connectivity index (χ1) is 8.90. The SMILES string of the molecule is CC(C)CC(CNCc1ccc(Cl)c(F)c1)N(C)C. The van der Waals surface area contributed by atoms with Gasteiger partial charge >= 0.3 is 0 Å². The maximum Gasteiger partial charge on any atom is 0.142 e. The van der Waals surface area contributed by atoms with Crippen LogP contribution in [0.15, 0.2) is 18.2 Å². The Morgan fingerprint density at radius 3 is 2.53 bits per heavy atom. The lowest BCUT2D eigenvalue weighted by atomic mass is 10.0. The fourth-order valence-electron chi connectivity index (χ4n) is 2.05. The molecule has 0 radical (unpaired) electrons. The van der Waals surface area contributed by atoms with Crippen molar-refractivity contribution in [2.24, 2.45) is 5.92 Å². The van der Waals surface area contributed by atoms with E-state index >= 15 is 0 Å². The molecule has 0 aliphatic heterocycles. The molecule has 0 aliphatic rings. The lowest BCUT2D eigenvalue weighted by Crippen LogP contribution is -2.38. The van der Waals surface area contributed by atoms with Crippen LogP contribution < -0.4 is 5.32 Å². The molecule has 4 heteroatoms. The van der Waals surface area contributed by atoms with Crippen LogP contribution in [0.25, 0.3) is 0 Å². The Balaban J connectivity index is 2.45. The number of nitrogens with zero attached hydrogens (tertiary/aromatic N) is 1. The summed E-state index contributed by atoms with van der Waals surface area (Å²) in [6, 6.07) is 5.44. The van der Waals surface area contributed by atoms with E-state index in [9.17, 15) is 4.39 Å². The van der Waals surface area contributed by atoms with Gasteiger partial charge in [0, 0.05) is 19.1 Å². The van der Waals surface area contributed by atoms with E-state index < -0.39 is 0 Å². The highest BCUT2D eigenvalue weighted by atomic mass is 35.5. The number of rotatable bonds is 7. The third-order valence-electron chi connectivity index (χ3n) is 3.17. The van der Waals surface area contributed by atoms with E-state index in [2.05, 4.69) is 38.2 Å². The molecule has 0 saturated heterocycles. The van der Waals surface area contributed by atoms with Crippen molar-refractivity contribution in [2.75, 3.05) is 20.6 Å². The van der Waals surface area contributed by atoms with Crippen LogP contribution in [0.5, 0.6) is 0 Å². The normalized spacial score (nSPS) is 13.3. The Morgan fingerprint density at radius 1 is 1.32 bits per heavy atom. The van der Waals surface area contributed by atoms with Crippen LogP contribution in [0.4, 0.5) is 4.39 Å². The molecule has 0 aliphatic carbocycles. The van der Waals surface area contributed by atoms with Crippen molar-refractivity contribution < 1.29 is 4.39 Å². The Labute approximate surface area is 120 Å². The lowest BCUT2D eigenvalue weighted by molar-refractivity contribution is 0.246. The van der Waals surface area contributed by atoms with Crippen molar-refractivity contribution in [3.8, 4) is 0 Å². The summed E-state index contributed by atoms with van der Waals surface area (Å²) >= 11 is 5.66. The third kappa shape index (κ3) is 5.89. The molecule has 0 fully saturated rings. The molecule has 19 heavy (non-hydrogen) atoms. The van der Waals surface area contributed by atoms with Gasteiger partial charge in [0.15, 0.2) is 0 Å². The van der Waals surface area contributed by atoms with Crippen molar-refractivity contribution in [3.05, 3.63) is 34.6 Å². The van der Waals surface area contributed by atoms with Gasteiger partial charge in [0.25, 0.3) is 0 Å². The second-order valence-electron chi connectivity index (χ2n) is 5.63. The Kier molecular flexibility index (Phi) is 6.76. The Morgan fingerprint density at radius 2 is 2.00 bits per heavy atom. The van der Waals surface area contributed by atoms with Crippen LogP contribution in [0.2, 0.25) is 5.02 Å². The monoisotopic (exact) mass is 286 g/mol. The first-order valence-corrected chi connectivity index (χ1v) is 7.09. The molecular weight excluding hydrogens is 263 g/mol. The van der Waals surface area contributed by atoms with Gasteiger partial charge < -0.3 is 10.2 Å². The van der Waals surface area contributed by atoms with Crippen LogP contribution >= 0.6 is 11.6 Å². The Bertz CT molecular complexity index is 394. The highest BCUT2D eigenvalue weighted by molar-refractivity contribution is 6.30. The van der Waals surface area contributed by atoms with Gasteiger partial charge in [-0.25, -0.2) is 4.39 Å². The molecule has 1 atom stereocenters. The molecule has 0 saturated carbocycles. The van der Waals surface area contributed by atoms with Gasteiger partial charge in [0.2, 0.25) is 0 Å². The lowest BCUT2D eigenvalue weighted by Gasteiger charge is -2.26. The van der Waals surface area contributed by atoms with E-state index in [-0.39, 0.29) is 10.8 Å². The van der Waals surface area contributed by atoms with Gasteiger partial charge in [-0.05, 0) is 44.1 Å². The number of benzene rings is 1. The summed E-state index contributed by atoms with van der Waals surface area (Å²) in [4.78, 5) is 2.23. The number of halogens is 2. The summed E-state index contributed by atoms with van der Waals surface area (Å²) in [6.07, 6.45) is 1.15. The first kappa shape index (κ1) is 16.4. The summed E-state index contributed by atoms with van der Waals surface area (Å²) in [7, 11) is 4.19. The summed E-state index contributed by atoms with van der Waals surface area (Å²) < 4.78 is 13.3. The summed E-state index contributed by atoms with van der Waals surface area (Å²) in [6.45, 7) is 6.02. The fraction of sp³-hybridized carbons (Fsp3) is 0.600. The molecule has 1 aromatic rings. The largest absolute Gasteiger partial charge is 0.311 e. The molecule has 108 valence electrons. The summed E-state index contributed by atoms with van der Waals surface area (Å²) in [5.41, 5.74) is 0.920. The van der Waals surface area contributed by atoms with Crippen LogP contribution in [0.3, 0.4) is 0 Å². The molecule has 0 aromatic heterocycles. The van der Waals surface area contributed by atoms with E-state index in [0.29, 0.717) is 18.5 Å². The van der Waals surface area contributed by atoms with Crippen LogP contribution in [-0.2, 0) is 6.54 Å². The minimum absolute atomic E-state index is 0.176. The van der Waals surface area contributed by atoms with Gasteiger partial charge in [0.1, 0.15) is 5.82 Å². The predicted molar refractivity (Wildman–Crippen MR) is 80.0 cm³/mol. The molecule has 0 amide bonds. The molecular formula is C15H24ClFN2. The maximum atomic E-state index is 13.3. The van der Waals surface area contributed by atoms with Crippen molar-refractivity contribution in [1.82, 2.24) is 10.2 Å². The van der Waals surface area contributed by atoms with Gasteiger partial charge in [-0.2, -0.15) is 0 Å². The van der Waals surface area contributed by atoms with E-state index in [1.807, 2.05) is 6.07 Å². The number of nitrogens with one attached hydrogen (secondary N) is 1. The van der Waals surface area contributed by atoms with Crippen molar-refractivity contribution in [3.63, 3.8) is 0 Å². The molecule has 0 bridgehead atoms. The van der Waals surface area contributed by atoms with E-state index in [0.717, 1.165) is 18.5 Å². The Hall–Kier alpha value is -0.640. The zero-order valence-electron chi connectivity index (χ0n) is 12.2. The highest BCUT2D eigenvalue weighted by Crippen LogP contribution is 2.15. The summed E-state index contributed by atoms with van der Waals surface area (Å²) in [5, 5.41) is 3.56. The minimum Gasteiger partial charge on any atom is -0.311 e. The molecule has 2 nitrogen and oxygen atoms in total. The van der Waals surface area contributed by atoms with Crippen molar-refractivity contribution in [1.29, 1.82) is 0 Å². The first-order valence-electron chi connectivity index (χ1n) is 6.71. The van der Waals surface area contributed by atoms with Crippen LogP contribution in [0, 0.1) is 11.7 Å². The number of likely N-dealkylation sites (N-methyl/N-ethyl adjacent to an activating group) is 1. The average Bonchev–Trinajstić information content (AvgIpc) is 2.31. The molecule has 1 N–H and O–H groups in total. The van der Waals surface area contributed by atoms with E-state index in [4.69, 9.17) is 11.6 Å². The smallest absolute Gasteiger partial charge is 0.142 e. The zero-order chi connectivity index (χ0) is 14.4. The minimum atomic E-state index is -0.354. The molecule has 0 heterocycles. The second kappa shape index (κ2) is 7.83. The standard InChI is InChI=1S/C15H24ClFN2/c1-11(2)7-13(19(3)4)10-18-9-12-5-6-14(16)15(17)8-12/h5-6,8,11,13,18H,7,9-10H2,1-4H3. The van der Waals surface area contributed by atoms with E-state index in [1.54, 1.807) is 6.07 Å². The third-order valence-corrected chi connectivity index (χ3v) is 3.47. The summed E-state index contributed by atoms with van der Waals surface area (Å²) in [5.74, 6) is 0.314. The van der Waals surface area contributed by atoms with Crippen LogP contribution in [0.1, 0.15) is 25.8 Å². The van der Waals surface area contributed by atoms with Gasteiger partial charge in [0.05, 0.1) is 5.02 Å². The highest BCUT2D eigenvalue weighted by Gasteiger charge is 2.12. The van der Waals surface area contributed by atoms with Crippen molar-refractivity contribution in [2.45, 2.75) is 32.9 Å². The fourth-order valence-corrected chi connectivity index (χ4v) is 2.17. The van der Waals surface area contributed by atoms with E-state index in [1.165, 1.54) is 6.07 Å². The van der Waals surface area contributed by atoms with Crippen molar-refractivity contribution >= 4 is 11.6 Å². The predicted octanol–water partition coefficient (Wildman–Crippen LogP) is 3.55. The quantitative estimate of drug-likeness (QED) is 0.825.